The number of hydrogen-bond acceptors (Lipinski definition) is 2. The number of pyridine rings is 1. The van der Waals surface area contributed by atoms with E-state index < -0.39 is 0 Å². The minimum atomic E-state index is -0.354. The van der Waals surface area contributed by atoms with Crippen LogP contribution in [0.3, 0.4) is 0 Å². The van der Waals surface area contributed by atoms with Gasteiger partial charge in [0.2, 0.25) is 0 Å². The van der Waals surface area contributed by atoms with Crippen LogP contribution < -0.4 is 10.2 Å². The first-order valence-corrected chi connectivity index (χ1v) is 11.1. The second-order valence-electron chi connectivity index (χ2n) is 8.09. The number of hydrogen-bond donors (Lipinski definition) is 1. The Labute approximate surface area is 196 Å². The highest BCUT2D eigenvalue weighted by atomic mass is 32.1. The second-order valence-corrected chi connectivity index (χ2v) is 8.48. The fraction of sp³-hybridized carbons (Fsp3) is 0.154. The van der Waals surface area contributed by atoms with Crippen LogP contribution in [0.25, 0.3) is 5.69 Å². The number of rotatable bonds is 4. The zero-order valence-corrected chi connectivity index (χ0v) is 19.0. The van der Waals surface area contributed by atoms with Gasteiger partial charge in [-0.3, -0.25) is 4.98 Å². The Morgan fingerprint density at radius 3 is 2.45 bits per heavy atom. The summed E-state index contributed by atoms with van der Waals surface area (Å²) in [6.45, 7) is 3.97. The first-order valence-electron chi connectivity index (χ1n) is 10.7. The molecular formula is C26H22F2N4S. The molecule has 4 aromatic rings. The van der Waals surface area contributed by atoms with E-state index in [1.807, 2.05) is 47.6 Å². The largest absolute Gasteiger partial charge is 0.351 e. The fourth-order valence-electron chi connectivity index (χ4n) is 4.68. The summed E-state index contributed by atoms with van der Waals surface area (Å²) in [7, 11) is 0. The van der Waals surface area contributed by atoms with Crippen molar-refractivity contribution < 1.29 is 8.78 Å². The van der Waals surface area contributed by atoms with Gasteiger partial charge in [0.15, 0.2) is 5.11 Å². The third-order valence-electron chi connectivity index (χ3n) is 6.07. The molecule has 2 aromatic heterocycles. The summed E-state index contributed by atoms with van der Waals surface area (Å²) in [6, 6.07) is 20.2. The molecule has 1 saturated heterocycles. The Bertz CT molecular complexity index is 1340. The summed E-state index contributed by atoms with van der Waals surface area (Å²) >= 11 is 5.69. The molecule has 33 heavy (non-hydrogen) atoms. The zero-order chi connectivity index (χ0) is 23.1. The Kier molecular flexibility index (Phi) is 5.42. The number of aryl methyl sites for hydroxylation is 1. The maximum atomic E-state index is 14.9. The van der Waals surface area contributed by atoms with Crippen molar-refractivity contribution in [1.29, 1.82) is 0 Å². The van der Waals surface area contributed by atoms with E-state index in [-0.39, 0.29) is 23.7 Å². The Balaban J connectivity index is 1.70. The number of nitrogens with one attached hydrogen (secondary N) is 1. The average molecular weight is 461 g/mol. The molecular weight excluding hydrogens is 438 g/mol. The van der Waals surface area contributed by atoms with Gasteiger partial charge in [-0.2, -0.15) is 0 Å². The molecule has 2 aromatic carbocycles. The highest BCUT2D eigenvalue weighted by Gasteiger charge is 2.43. The lowest BCUT2D eigenvalue weighted by Gasteiger charge is -2.28. The van der Waals surface area contributed by atoms with Crippen molar-refractivity contribution in [2.45, 2.75) is 25.9 Å². The van der Waals surface area contributed by atoms with E-state index >= 15 is 0 Å². The first-order chi connectivity index (χ1) is 16.0. The van der Waals surface area contributed by atoms with Gasteiger partial charge in [0.25, 0.3) is 0 Å². The van der Waals surface area contributed by atoms with Gasteiger partial charge >= 0.3 is 0 Å². The van der Waals surface area contributed by atoms with Gasteiger partial charge in [-0.15, -0.1) is 0 Å². The van der Waals surface area contributed by atoms with Crippen molar-refractivity contribution in [3.05, 3.63) is 113 Å². The van der Waals surface area contributed by atoms with Crippen molar-refractivity contribution in [2.75, 3.05) is 4.90 Å². The molecule has 1 N–H and O–H groups in total. The Morgan fingerprint density at radius 1 is 0.939 bits per heavy atom. The SMILES string of the molecule is Cc1cc(C2C(c3ccccn3)NC(=S)N2c2ccccc2F)c(C)n1-c1cccc(F)c1. The monoisotopic (exact) mass is 460 g/mol. The van der Waals surface area contributed by atoms with Crippen LogP contribution in [0.5, 0.6) is 0 Å². The van der Waals surface area contributed by atoms with Gasteiger partial charge in [0, 0.05) is 23.3 Å². The van der Waals surface area contributed by atoms with Gasteiger partial charge in [0.1, 0.15) is 11.6 Å². The van der Waals surface area contributed by atoms with Crippen molar-refractivity contribution in [3.63, 3.8) is 0 Å². The standard InChI is InChI=1S/C26H22F2N4S/c1-16-14-20(17(2)31(16)19-9-7-8-18(27)15-19)25-24(22-11-5-6-13-29-22)30-26(33)32(25)23-12-4-3-10-21(23)28/h3-15,24-25H,1-2H3,(H,30,33). The van der Waals surface area contributed by atoms with Crippen LogP contribution in [-0.4, -0.2) is 14.7 Å². The van der Waals surface area contributed by atoms with Crippen LogP contribution in [0.4, 0.5) is 14.5 Å². The predicted octanol–water partition coefficient (Wildman–Crippen LogP) is 5.94. The van der Waals surface area contributed by atoms with Crippen LogP contribution in [0, 0.1) is 25.5 Å². The molecule has 0 spiro atoms. The topological polar surface area (TPSA) is 33.1 Å². The zero-order valence-electron chi connectivity index (χ0n) is 18.2. The molecule has 1 aliphatic rings. The highest BCUT2D eigenvalue weighted by Crippen LogP contribution is 2.44. The molecule has 7 heteroatoms. The molecule has 0 radical (unpaired) electrons. The average Bonchev–Trinajstić information content (AvgIpc) is 3.30. The molecule has 1 aliphatic heterocycles. The Morgan fingerprint density at radius 2 is 1.73 bits per heavy atom. The minimum absolute atomic E-state index is 0.292. The normalized spacial score (nSPS) is 17.9. The molecule has 1 fully saturated rings. The van der Waals surface area contributed by atoms with Crippen LogP contribution in [0.2, 0.25) is 0 Å². The molecule has 2 unspecified atom stereocenters. The molecule has 0 aliphatic carbocycles. The van der Waals surface area contributed by atoms with Crippen molar-refractivity contribution >= 4 is 23.0 Å². The number of nitrogens with zero attached hydrogens (tertiary/aromatic N) is 3. The number of halogens is 2. The number of aromatic nitrogens is 2. The van der Waals surface area contributed by atoms with Gasteiger partial charge in [-0.25, -0.2) is 8.78 Å². The molecule has 0 saturated carbocycles. The minimum Gasteiger partial charge on any atom is -0.351 e. The maximum Gasteiger partial charge on any atom is 0.174 e. The number of para-hydroxylation sites is 1. The van der Waals surface area contributed by atoms with Crippen molar-refractivity contribution in [1.82, 2.24) is 14.9 Å². The predicted molar refractivity (Wildman–Crippen MR) is 130 cm³/mol. The summed E-state index contributed by atoms with van der Waals surface area (Å²) in [5.41, 5.74) is 4.77. The number of anilines is 1. The summed E-state index contributed by atoms with van der Waals surface area (Å²) in [5, 5.41) is 3.79. The van der Waals surface area contributed by atoms with E-state index in [2.05, 4.69) is 16.4 Å². The van der Waals surface area contributed by atoms with Crippen molar-refractivity contribution in [2.24, 2.45) is 0 Å². The smallest absolute Gasteiger partial charge is 0.174 e. The summed E-state index contributed by atoms with van der Waals surface area (Å²) < 4.78 is 30.9. The highest BCUT2D eigenvalue weighted by molar-refractivity contribution is 7.80. The quantitative estimate of drug-likeness (QED) is 0.382. The number of thiocarbonyl (C=S) groups is 1. The second kappa shape index (κ2) is 8.41. The van der Waals surface area contributed by atoms with Gasteiger partial charge < -0.3 is 14.8 Å². The van der Waals surface area contributed by atoms with Gasteiger partial charge in [-0.05, 0) is 80.2 Å². The van der Waals surface area contributed by atoms with Crippen LogP contribution in [0.1, 0.15) is 34.7 Å². The maximum absolute atomic E-state index is 14.9. The Hall–Kier alpha value is -3.58. The van der Waals surface area contributed by atoms with Crippen LogP contribution >= 0.6 is 12.2 Å². The summed E-state index contributed by atoms with van der Waals surface area (Å²) in [6.07, 6.45) is 1.74. The van der Waals surface area contributed by atoms with E-state index in [0.717, 1.165) is 28.3 Å². The van der Waals surface area contributed by atoms with E-state index in [4.69, 9.17) is 12.2 Å². The van der Waals surface area contributed by atoms with E-state index in [1.54, 1.807) is 30.5 Å². The fourth-order valence-corrected chi connectivity index (χ4v) is 5.02. The molecule has 5 rings (SSSR count). The van der Waals surface area contributed by atoms with E-state index in [0.29, 0.717) is 10.8 Å². The van der Waals surface area contributed by atoms with Crippen LogP contribution in [-0.2, 0) is 0 Å². The van der Waals surface area contributed by atoms with Crippen LogP contribution in [0.15, 0.2) is 79.0 Å². The third-order valence-corrected chi connectivity index (χ3v) is 6.38. The molecule has 4 nitrogen and oxygen atoms in total. The molecule has 2 atom stereocenters. The molecule has 0 bridgehead atoms. The lowest BCUT2D eigenvalue weighted by molar-refractivity contribution is 0.556. The first kappa shape index (κ1) is 21.3. The molecule has 0 amide bonds. The lowest BCUT2D eigenvalue weighted by atomic mass is 9.96. The van der Waals surface area contributed by atoms with Crippen molar-refractivity contribution in [3.8, 4) is 5.69 Å². The van der Waals surface area contributed by atoms with E-state index in [9.17, 15) is 8.78 Å². The third kappa shape index (κ3) is 3.68. The summed E-state index contributed by atoms with van der Waals surface area (Å²) in [5.74, 6) is -0.656. The molecule has 3 heterocycles. The lowest BCUT2D eigenvalue weighted by Crippen LogP contribution is -2.30. The number of benzene rings is 2. The summed E-state index contributed by atoms with van der Waals surface area (Å²) in [4.78, 5) is 6.37. The van der Waals surface area contributed by atoms with E-state index in [1.165, 1.54) is 18.2 Å². The van der Waals surface area contributed by atoms with Gasteiger partial charge in [-0.1, -0.05) is 24.3 Å². The molecule has 166 valence electrons. The van der Waals surface area contributed by atoms with Gasteiger partial charge in [0.05, 0.1) is 23.5 Å².